The van der Waals surface area contributed by atoms with E-state index >= 15 is 0 Å². The van der Waals surface area contributed by atoms with Crippen LogP contribution in [0.1, 0.15) is 69.2 Å². The average Bonchev–Trinajstić information content (AvgIpc) is 3.51. The third-order valence-electron chi connectivity index (χ3n) is 8.28. The molecule has 3 heterocycles. The maximum absolute atomic E-state index is 13.6. The van der Waals surface area contributed by atoms with Gasteiger partial charge in [0.1, 0.15) is 17.6 Å². The summed E-state index contributed by atoms with van der Waals surface area (Å²) in [6, 6.07) is 10.2. The number of carbonyl (C=O) groups excluding carboxylic acids is 2. The normalized spacial score (nSPS) is 21.6. The van der Waals surface area contributed by atoms with Gasteiger partial charge < -0.3 is 29.0 Å². The Morgan fingerprint density at radius 3 is 2.56 bits per heavy atom. The van der Waals surface area contributed by atoms with Gasteiger partial charge in [-0.25, -0.2) is 0 Å². The highest BCUT2D eigenvalue weighted by atomic mass is 16.5. The summed E-state index contributed by atoms with van der Waals surface area (Å²) in [7, 11) is 0. The number of nitrogens with zero attached hydrogens (tertiary/aromatic N) is 2. The molecule has 2 saturated heterocycles. The Hall–Kier alpha value is -3.56. The van der Waals surface area contributed by atoms with Gasteiger partial charge in [0.15, 0.2) is 11.5 Å². The fourth-order valence-electron chi connectivity index (χ4n) is 6.09. The SMILES string of the molecule is CCCCCOc1ccc([C@@H]2/C(=C(\O)c3ccc4c(c3)C[C@H](C)O4)C(=O)C(=O)N2CCCN2CCOCC2)cc1OCC. The number of fused-ring (bicyclic) bond motifs is 1. The van der Waals surface area contributed by atoms with E-state index in [0.717, 1.165) is 50.2 Å². The minimum Gasteiger partial charge on any atom is -0.507 e. The third kappa shape index (κ3) is 6.99. The quantitative estimate of drug-likeness (QED) is 0.148. The number of Topliss-reactive ketones (excluding diaryl/α,β-unsaturated/α-hetero) is 1. The molecule has 0 bridgehead atoms. The molecule has 2 fully saturated rings. The summed E-state index contributed by atoms with van der Waals surface area (Å²) in [5.41, 5.74) is 2.24. The second-order valence-corrected chi connectivity index (χ2v) is 11.4. The van der Waals surface area contributed by atoms with Gasteiger partial charge >= 0.3 is 0 Å². The lowest BCUT2D eigenvalue weighted by Gasteiger charge is -2.29. The number of unbranched alkanes of at least 4 members (excludes halogenated alkanes) is 2. The van der Waals surface area contributed by atoms with Crippen molar-refractivity contribution in [1.82, 2.24) is 9.80 Å². The summed E-state index contributed by atoms with van der Waals surface area (Å²) in [6.45, 7) is 11.3. The van der Waals surface area contributed by atoms with E-state index < -0.39 is 17.7 Å². The Morgan fingerprint density at radius 2 is 1.79 bits per heavy atom. The molecule has 0 spiro atoms. The van der Waals surface area contributed by atoms with E-state index in [9.17, 15) is 14.7 Å². The molecule has 2 atom stereocenters. The highest BCUT2D eigenvalue weighted by molar-refractivity contribution is 6.46. The number of benzene rings is 2. The first-order chi connectivity index (χ1) is 20.9. The first kappa shape index (κ1) is 30.9. The first-order valence-corrected chi connectivity index (χ1v) is 15.7. The van der Waals surface area contributed by atoms with Gasteiger partial charge in [-0.2, -0.15) is 0 Å². The molecule has 9 nitrogen and oxygen atoms in total. The van der Waals surface area contributed by atoms with Crippen LogP contribution in [0.4, 0.5) is 0 Å². The fraction of sp³-hybridized carbons (Fsp3) is 0.529. The number of rotatable bonds is 13. The number of likely N-dealkylation sites (tertiary alicyclic amines) is 1. The molecule has 1 amide bonds. The molecule has 43 heavy (non-hydrogen) atoms. The average molecular weight is 593 g/mol. The van der Waals surface area contributed by atoms with E-state index in [0.29, 0.717) is 68.4 Å². The second-order valence-electron chi connectivity index (χ2n) is 11.4. The summed E-state index contributed by atoms with van der Waals surface area (Å²) >= 11 is 0. The smallest absolute Gasteiger partial charge is 0.295 e. The minimum atomic E-state index is -0.763. The van der Waals surface area contributed by atoms with E-state index in [1.807, 2.05) is 44.2 Å². The maximum atomic E-state index is 13.6. The molecule has 5 rings (SSSR count). The molecule has 0 aliphatic carbocycles. The Kier molecular flexibility index (Phi) is 10.3. The number of hydrogen-bond acceptors (Lipinski definition) is 8. The van der Waals surface area contributed by atoms with Crippen molar-refractivity contribution in [3.63, 3.8) is 0 Å². The standard InChI is InChI=1S/C34H44N2O7/c1-4-6-7-17-42-28-12-9-24(22-29(28)41-5-2)31-30(32(37)25-10-11-27-26(21-25)20-23(3)43-27)33(38)34(39)36(31)14-8-13-35-15-18-40-19-16-35/h9-12,21-23,31,37H,4-8,13-20H2,1-3H3/b32-30+/t23-,31+/m0/s1. The lowest BCUT2D eigenvalue weighted by atomic mass is 9.94. The van der Waals surface area contributed by atoms with E-state index in [1.54, 1.807) is 11.0 Å². The van der Waals surface area contributed by atoms with Gasteiger partial charge in [-0.15, -0.1) is 0 Å². The van der Waals surface area contributed by atoms with E-state index in [-0.39, 0.29) is 17.4 Å². The lowest BCUT2D eigenvalue weighted by Crippen LogP contribution is -2.39. The van der Waals surface area contributed by atoms with Crippen molar-refractivity contribution in [2.75, 3.05) is 52.6 Å². The van der Waals surface area contributed by atoms with Crippen LogP contribution in [0.3, 0.4) is 0 Å². The molecule has 3 aliphatic rings. The number of ketones is 1. The van der Waals surface area contributed by atoms with E-state index in [2.05, 4.69) is 11.8 Å². The predicted molar refractivity (Wildman–Crippen MR) is 164 cm³/mol. The third-order valence-corrected chi connectivity index (χ3v) is 8.28. The molecule has 2 aromatic carbocycles. The monoisotopic (exact) mass is 592 g/mol. The lowest BCUT2D eigenvalue weighted by molar-refractivity contribution is -0.140. The van der Waals surface area contributed by atoms with Gasteiger partial charge in [-0.3, -0.25) is 14.5 Å². The number of morpholine rings is 1. The van der Waals surface area contributed by atoms with Crippen LogP contribution in [0.25, 0.3) is 5.76 Å². The summed E-state index contributed by atoms with van der Waals surface area (Å²) in [5, 5.41) is 11.6. The van der Waals surface area contributed by atoms with Crippen LogP contribution in [-0.4, -0.2) is 85.3 Å². The fourth-order valence-corrected chi connectivity index (χ4v) is 6.09. The number of amides is 1. The maximum Gasteiger partial charge on any atom is 0.295 e. The highest BCUT2D eigenvalue weighted by Gasteiger charge is 2.46. The first-order valence-electron chi connectivity index (χ1n) is 15.7. The van der Waals surface area contributed by atoms with Crippen molar-refractivity contribution in [2.45, 2.75) is 65.0 Å². The zero-order chi connectivity index (χ0) is 30.3. The van der Waals surface area contributed by atoms with Crippen LogP contribution in [0.2, 0.25) is 0 Å². The van der Waals surface area contributed by atoms with Crippen LogP contribution in [0.15, 0.2) is 42.0 Å². The van der Waals surface area contributed by atoms with E-state index in [4.69, 9.17) is 18.9 Å². The summed E-state index contributed by atoms with van der Waals surface area (Å²) < 4.78 is 23.3. The van der Waals surface area contributed by atoms with Gasteiger partial charge in [0, 0.05) is 38.2 Å². The zero-order valence-corrected chi connectivity index (χ0v) is 25.6. The van der Waals surface area contributed by atoms with Crippen LogP contribution < -0.4 is 14.2 Å². The van der Waals surface area contributed by atoms with Crippen molar-refractivity contribution >= 4 is 17.4 Å². The molecule has 3 aliphatic heterocycles. The molecular formula is C34H44N2O7. The van der Waals surface area contributed by atoms with Gasteiger partial charge in [-0.1, -0.05) is 25.8 Å². The van der Waals surface area contributed by atoms with Gasteiger partial charge in [0.05, 0.1) is 38.0 Å². The summed E-state index contributed by atoms with van der Waals surface area (Å²) in [5.74, 6) is 0.485. The predicted octanol–water partition coefficient (Wildman–Crippen LogP) is 5.12. The Balaban J connectivity index is 1.49. The molecule has 2 aromatic rings. The van der Waals surface area contributed by atoms with Gasteiger partial charge in [-0.05, 0) is 68.1 Å². The summed E-state index contributed by atoms with van der Waals surface area (Å²) in [6.07, 6.45) is 4.57. The molecule has 1 N–H and O–H groups in total. The summed E-state index contributed by atoms with van der Waals surface area (Å²) in [4.78, 5) is 31.1. The highest BCUT2D eigenvalue weighted by Crippen LogP contribution is 2.43. The second kappa shape index (κ2) is 14.3. The topological polar surface area (TPSA) is 97.8 Å². The molecule has 9 heteroatoms. The van der Waals surface area contributed by atoms with Gasteiger partial charge in [0.2, 0.25) is 0 Å². The zero-order valence-electron chi connectivity index (χ0n) is 25.6. The van der Waals surface area contributed by atoms with Crippen LogP contribution in [-0.2, 0) is 20.7 Å². The van der Waals surface area contributed by atoms with Crippen molar-refractivity contribution in [1.29, 1.82) is 0 Å². The molecular weight excluding hydrogens is 548 g/mol. The van der Waals surface area contributed by atoms with Crippen molar-refractivity contribution in [3.05, 3.63) is 58.7 Å². The molecule has 0 unspecified atom stereocenters. The minimum absolute atomic E-state index is 0.0455. The molecule has 0 aromatic heterocycles. The van der Waals surface area contributed by atoms with Gasteiger partial charge in [0.25, 0.3) is 11.7 Å². The van der Waals surface area contributed by atoms with Crippen molar-refractivity contribution < 1.29 is 33.6 Å². The number of aliphatic hydroxyl groups excluding tert-OH is 1. The van der Waals surface area contributed by atoms with Crippen molar-refractivity contribution in [2.24, 2.45) is 0 Å². The number of carbonyl (C=O) groups is 2. The van der Waals surface area contributed by atoms with Crippen molar-refractivity contribution in [3.8, 4) is 17.2 Å². The molecule has 0 saturated carbocycles. The Morgan fingerprint density at radius 1 is 0.977 bits per heavy atom. The van der Waals surface area contributed by atoms with Crippen LogP contribution in [0.5, 0.6) is 17.2 Å². The largest absolute Gasteiger partial charge is 0.507 e. The number of hydrogen-bond donors (Lipinski definition) is 1. The van der Waals surface area contributed by atoms with E-state index in [1.165, 1.54) is 0 Å². The van der Waals surface area contributed by atoms with Crippen LogP contribution >= 0.6 is 0 Å². The molecule has 232 valence electrons. The van der Waals surface area contributed by atoms with Crippen LogP contribution in [0, 0.1) is 0 Å². The Labute approximate surface area is 254 Å². The molecule has 0 radical (unpaired) electrons. The Bertz CT molecular complexity index is 1330. The number of aliphatic hydroxyl groups is 1. The number of ether oxygens (including phenoxy) is 4.